The summed E-state index contributed by atoms with van der Waals surface area (Å²) in [5, 5.41) is 9.13. The van der Waals surface area contributed by atoms with Crippen LogP contribution in [0.3, 0.4) is 0 Å². The number of anilines is 1. The third-order valence-electron chi connectivity index (χ3n) is 4.39. The Morgan fingerprint density at radius 1 is 1.22 bits per heavy atom. The number of thioether (sulfide) groups is 1. The van der Waals surface area contributed by atoms with E-state index in [1.807, 2.05) is 0 Å². The Balaban J connectivity index is 2.07. The molecule has 3 rings (SSSR count). The largest absolute Gasteiger partial charge is 0.493 e. The van der Waals surface area contributed by atoms with Gasteiger partial charge in [-0.25, -0.2) is 4.79 Å². The summed E-state index contributed by atoms with van der Waals surface area (Å²) in [6.07, 6.45) is -3.44. The van der Waals surface area contributed by atoms with Gasteiger partial charge in [0, 0.05) is 0 Å². The number of carboxylic acid groups (broad SMARTS) is 1. The van der Waals surface area contributed by atoms with E-state index in [0.717, 1.165) is 28.8 Å². The molecule has 2 aromatic rings. The molecular weight excluding hydrogens is 491 g/mol. The number of hydrogen-bond donors (Lipinski definition) is 1. The van der Waals surface area contributed by atoms with Crippen LogP contribution in [0.25, 0.3) is 6.08 Å². The Bertz CT molecular complexity index is 1170. The molecule has 1 amide bonds. The van der Waals surface area contributed by atoms with Crippen molar-refractivity contribution in [2.75, 3.05) is 19.1 Å². The van der Waals surface area contributed by atoms with E-state index in [1.165, 1.54) is 38.5 Å². The van der Waals surface area contributed by atoms with Gasteiger partial charge in [0.05, 0.1) is 35.4 Å². The van der Waals surface area contributed by atoms with Gasteiger partial charge < -0.3 is 14.6 Å². The van der Waals surface area contributed by atoms with Gasteiger partial charge in [-0.15, -0.1) is 0 Å². The lowest BCUT2D eigenvalue weighted by molar-refractivity contribution is -0.137. The molecule has 0 saturated carbocycles. The Hall–Kier alpha value is -2.76. The fraction of sp³-hybridized carbons (Fsp3) is 0.150. The normalized spacial score (nSPS) is 15.4. The third-order valence-corrected chi connectivity index (χ3v) is 6.02. The average molecular weight is 504 g/mol. The molecule has 12 heteroatoms. The first-order chi connectivity index (χ1) is 15.0. The van der Waals surface area contributed by atoms with E-state index in [4.69, 9.17) is 33.3 Å². The molecule has 2 aromatic carbocycles. The summed E-state index contributed by atoms with van der Waals surface area (Å²) in [5.74, 6) is -1.90. The molecule has 0 unspecified atom stereocenters. The quantitative estimate of drug-likeness (QED) is 0.427. The van der Waals surface area contributed by atoms with E-state index in [9.17, 15) is 27.9 Å². The van der Waals surface area contributed by atoms with Gasteiger partial charge in [0.25, 0.3) is 5.91 Å². The van der Waals surface area contributed by atoms with Gasteiger partial charge in [-0.3, -0.25) is 9.69 Å². The molecule has 0 aliphatic carbocycles. The van der Waals surface area contributed by atoms with Gasteiger partial charge >= 0.3 is 12.1 Å². The van der Waals surface area contributed by atoms with Gasteiger partial charge in [0.2, 0.25) is 0 Å². The maximum absolute atomic E-state index is 13.2. The van der Waals surface area contributed by atoms with Crippen molar-refractivity contribution in [2.24, 2.45) is 0 Å². The molecule has 0 spiro atoms. The van der Waals surface area contributed by atoms with Crippen molar-refractivity contribution >= 4 is 63.5 Å². The summed E-state index contributed by atoms with van der Waals surface area (Å²) in [7, 11) is 2.61. The number of aromatic carboxylic acids is 1. The summed E-state index contributed by atoms with van der Waals surface area (Å²) >= 11 is 11.7. The van der Waals surface area contributed by atoms with Crippen molar-refractivity contribution in [3.8, 4) is 11.5 Å². The van der Waals surface area contributed by atoms with Crippen molar-refractivity contribution in [3.63, 3.8) is 0 Å². The molecule has 0 radical (unpaired) electrons. The summed E-state index contributed by atoms with van der Waals surface area (Å²) in [6.45, 7) is 0. The van der Waals surface area contributed by atoms with Crippen molar-refractivity contribution in [1.29, 1.82) is 0 Å². The second-order valence-electron chi connectivity index (χ2n) is 6.25. The number of thiocarbonyl (C=S) groups is 1. The third kappa shape index (κ3) is 4.41. The predicted molar refractivity (Wildman–Crippen MR) is 119 cm³/mol. The lowest BCUT2D eigenvalue weighted by Crippen LogP contribution is -2.27. The first-order valence-electron chi connectivity index (χ1n) is 8.62. The minimum atomic E-state index is -4.72. The van der Waals surface area contributed by atoms with Crippen LogP contribution in [-0.2, 0) is 11.0 Å². The number of benzene rings is 2. The second kappa shape index (κ2) is 9.00. The first-order valence-corrected chi connectivity index (χ1v) is 10.2. The zero-order valence-electron chi connectivity index (χ0n) is 16.3. The van der Waals surface area contributed by atoms with Gasteiger partial charge in [0.1, 0.15) is 5.56 Å². The van der Waals surface area contributed by atoms with Crippen LogP contribution in [-0.4, -0.2) is 35.5 Å². The molecule has 6 nitrogen and oxygen atoms in total. The molecule has 1 N–H and O–H groups in total. The van der Waals surface area contributed by atoms with Crippen LogP contribution in [0.15, 0.2) is 35.2 Å². The minimum Gasteiger partial charge on any atom is -0.493 e. The summed E-state index contributed by atoms with van der Waals surface area (Å²) in [4.78, 5) is 25.7. The molecule has 0 bridgehead atoms. The molecular formula is C20H13ClF3NO5S2. The monoisotopic (exact) mass is 503 g/mol. The fourth-order valence-electron chi connectivity index (χ4n) is 2.98. The van der Waals surface area contributed by atoms with Crippen molar-refractivity contribution in [3.05, 3.63) is 56.9 Å². The van der Waals surface area contributed by atoms with Gasteiger partial charge in [-0.2, -0.15) is 13.2 Å². The maximum atomic E-state index is 13.2. The number of nitrogens with zero attached hydrogens (tertiary/aromatic N) is 1. The molecule has 32 heavy (non-hydrogen) atoms. The van der Waals surface area contributed by atoms with Crippen molar-refractivity contribution < 1.29 is 37.3 Å². The number of halogens is 4. The summed E-state index contributed by atoms with van der Waals surface area (Å²) < 4.78 is 49.9. The molecule has 168 valence electrons. The topological polar surface area (TPSA) is 76.1 Å². The second-order valence-corrected chi connectivity index (χ2v) is 8.33. The first kappa shape index (κ1) is 23.9. The Kier molecular flexibility index (Phi) is 6.72. The number of carbonyl (C=O) groups excluding carboxylic acids is 1. The molecule has 1 aliphatic heterocycles. The number of methoxy groups -OCH3 is 2. The zero-order chi connectivity index (χ0) is 23.8. The zero-order valence-corrected chi connectivity index (χ0v) is 18.7. The number of carboxylic acids is 1. The minimum absolute atomic E-state index is 0.0194. The van der Waals surface area contributed by atoms with Crippen LogP contribution in [0.5, 0.6) is 11.5 Å². The average Bonchev–Trinajstić information content (AvgIpc) is 3.00. The van der Waals surface area contributed by atoms with E-state index in [2.05, 4.69) is 0 Å². The lowest BCUT2D eigenvalue weighted by Gasteiger charge is -2.17. The number of amides is 1. The van der Waals surface area contributed by atoms with E-state index in [1.54, 1.807) is 0 Å². The van der Waals surface area contributed by atoms with Crippen LogP contribution < -0.4 is 14.4 Å². The molecule has 1 aliphatic rings. The van der Waals surface area contributed by atoms with Crippen molar-refractivity contribution in [2.45, 2.75) is 6.18 Å². The van der Waals surface area contributed by atoms with Gasteiger partial charge in [-0.05, 0) is 35.9 Å². The number of ether oxygens (including phenoxy) is 2. The van der Waals surface area contributed by atoms with Crippen LogP contribution in [0, 0.1) is 0 Å². The van der Waals surface area contributed by atoms with E-state index in [0.29, 0.717) is 0 Å². The number of alkyl halides is 3. The molecule has 1 fully saturated rings. The van der Waals surface area contributed by atoms with Crippen LogP contribution in [0.1, 0.15) is 21.5 Å². The van der Waals surface area contributed by atoms with E-state index >= 15 is 0 Å². The Labute approximate surface area is 194 Å². The molecule has 0 atom stereocenters. The highest BCUT2D eigenvalue weighted by Crippen LogP contribution is 2.42. The predicted octanol–water partition coefficient (Wildman–Crippen LogP) is 5.48. The van der Waals surface area contributed by atoms with Crippen LogP contribution in [0.2, 0.25) is 5.02 Å². The highest BCUT2D eigenvalue weighted by Gasteiger charge is 2.37. The smallest absolute Gasteiger partial charge is 0.417 e. The highest BCUT2D eigenvalue weighted by atomic mass is 35.5. The number of hydrogen-bond acceptors (Lipinski definition) is 6. The number of carbonyl (C=O) groups is 2. The van der Waals surface area contributed by atoms with E-state index in [-0.39, 0.29) is 37.5 Å². The number of rotatable bonds is 5. The Morgan fingerprint density at radius 3 is 2.47 bits per heavy atom. The van der Waals surface area contributed by atoms with Crippen LogP contribution >= 0.6 is 35.6 Å². The van der Waals surface area contributed by atoms with Gasteiger partial charge in [-0.1, -0.05) is 41.6 Å². The van der Waals surface area contributed by atoms with Crippen LogP contribution in [0.4, 0.5) is 18.9 Å². The standard InChI is InChI=1S/C20H13ClF3NO5S2/c1-29-13-6-3-9(15(18(27)28)16(13)30-2)7-14-17(26)25(19(31)32-14)10-4-5-12(21)11(8-10)20(22,23)24/h3-8H,1-2H3,(H,27,28)/b14-7+. The SMILES string of the molecule is COc1ccc(/C=C2/SC(=S)N(c3ccc(Cl)c(C(F)(F)F)c3)C2=O)c(C(=O)O)c1OC. The summed E-state index contributed by atoms with van der Waals surface area (Å²) in [6, 6.07) is 5.88. The van der Waals surface area contributed by atoms with Crippen molar-refractivity contribution in [1.82, 2.24) is 0 Å². The Morgan fingerprint density at radius 2 is 1.91 bits per heavy atom. The maximum Gasteiger partial charge on any atom is 0.417 e. The summed E-state index contributed by atoms with van der Waals surface area (Å²) in [5.41, 5.74) is -1.34. The van der Waals surface area contributed by atoms with Gasteiger partial charge in [0.15, 0.2) is 15.8 Å². The lowest BCUT2D eigenvalue weighted by atomic mass is 10.0. The van der Waals surface area contributed by atoms with E-state index < -0.39 is 28.6 Å². The molecule has 1 saturated heterocycles. The fourth-order valence-corrected chi connectivity index (χ4v) is 4.50. The molecule has 0 aromatic heterocycles. The molecule has 1 heterocycles. The highest BCUT2D eigenvalue weighted by molar-refractivity contribution is 8.27.